The van der Waals surface area contributed by atoms with E-state index in [9.17, 15) is 0 Å². The fourth-order valence-electron chi connectivity index (χ4n) is 0.926. The molecule has 0 saturated carbocycles. The van der Waals surface area contributed by atoms with Crippen molar-refractivity contribution >= 4 is 0 Å². The third-order valence-corrected chi connectivity index (χ3v) is 1.81. The third kappa shape index (κ3) is 5.49. The van der Waals surface area contributed by atoms with E-state index in [-0.39, 0.29) is 18.5 Å². The molecule has 0 heterocycles. The molecule has 0 aromatic rings. The Kier molecular flexibility index (Phi) is 6.28. The van der Waals surface area contributed by atoms with Crippen LogP contribution in [0.5, 0.6) is 0 Å². The van der Waals surface area contributed by atoms with Gasteiger partial charge in [0.25, 0.3) is 0 Å². The van der Waals surface area contributed by atoms with Gasteiger partial charge in [0.2, 0.25) is 0 Å². The lowest BCUT2D eigenvalue weighted by molar-refractivity contribution is 0.347. The van der Waals surface area contributed by atoms with E-state index in [0.29, 0.717) is 0 Å². The zero-order valence-corrected chi connectivity index (χ0v) is 8.30. The van der Waals surface area contributed by atoms with E-state index >= 15 is 0 Å². The molecule has 0 amide bonds. The first-order valence-corrected chi connectivity index (χ1v) is 4.63. The summed E-state index contributed by atoms with van der Waals surface area (Å²) in [7, 11) is 0. The van der Waals surface area contributed by atoms with Crippen molar-refractivity contribution in [3.05, 3.63) is 0 Å². The van der Waals surface area contributed by atoms with Gasteiger partial charge in [0, 0.05) is 0 Å². The van der Waals surface area contributed by atoms with Crippen LogP contribution >= 0.6 is 0 Å². The van der Waals surface area contributed by atoms with Gasteiger partial charge in [-0.1, -0.05) is 13.8 Å². The van der Waals surface area contributed by atoms with Gasteiger partial charge in [-0.25, -0.2) is 0 Å². The molecule has 0 aromatic carbocycles. The third-order valence-electron chi connectivity index (χ3n) is 1.81. The van der Waals surface area contributed by atoms with Crippen molar-refractivity contribution in [2.24, 2.45) is 11.5 Å². The summed E-state index contributed by atoms with van der Waals surface area (Å²) in [6, 6.07) is 0. The summed E-state index contributed by atoms with van der Waals surface area (Å²) in [4.78, 5) is 0. The molecule has 12 heavy (non-hydrogen) atoms. The molecule has 0 aliphatic heterocycles. The van der Waals surface area contributed by atoms with Gasteiger partial charge in [0.1, 0.15) is 0 Å². The van der Waals surface area contributed by atoms with E-state index in [0.717, 1.165) is 12.8 Å². The van der Waals surface area contributed by atoms with Gasteiger partial charge in [0.15, 0.2) is 0 Å². The Morgan fingerprint density at radius 1 is 1.00 bits per heavy atom. The van der Waals surface area contributed by atoms with Crippen LogP contribution in [-0.4, -0.2) is 18.5 Å². The molecular weight excluding hydrogens is 152 g/mol. The smallest absolute Gasteiger partial charge is 0.0566 e. The standard InChI is InChI=1S/C8H22N4/c1-4-7(9)11-6(3)12-8(10)5-2/h6-8,11-12H,4-5,9-10H2,1-3H3. The number of hydrogen-bond donors (Lipinski definition) is 4. The molecule has 0 aliphatic rings. The summed E-state index contributed by atoms with van der Waals surface area (Å²) in [5.74, 6) is 0. The Morgan fingerprint density at radius 2 is 1.33 bits per heavy atom. The highest BCUT2D eigenvalue weighted by atomic mass is 15.2. The molecule has 0 rings (SSSR count). The molecule has 6 N–H and O–H groups in total. The molecular formula is C8H22N4. The minimum Gasteiger partial charge on any atom is -0.316 e. The fourth-order valence-corrected chi connectivity index (χ4v) is 0.926. The number of rotatable bonds is 6. The lowest BCUT2D eigenvalue weighted by atomic mass is 10.3. The van der Waals surface area contributed by atoms with Gasteiger partial charge in [-0.15, -0.1) is 0 Å². The molecule has 4 heteroatoms. The topological polar surface area (TPSA) is 76.1 Å². The second-order valence-electron chi connectivity index (χ2n) is 3.08. The second kappa shape index (κ2) is 6.37. The molecule has 4 nitrogen and oxygen atoms in total. The highest BCUT2D eigenvalue weighted by Gasteiger charge is 2.07. The van der Waals surface area contributed by atoms with E-state index in [1.807, 2.05) is 20.8 Å². The van der Waals surface area contributed by atoms with Crippen LogP contribution in [0.4, 0.5) is 0 Å². The average Bonchev–Trinajstić information content (AvgIpc) is 2.03. The number of nitrogens with two attached hydrogens (primary N) is 2. The molecule has 0 saturated heterocycles. The van der Waals surface area contributed by atoms with Gasteiger partial charge in [-0.05, 0) is 19.8 Å². The van der Waals surface area contributed by atoms with E-state index in [2.05, 4.69) is 10.6 Å². The normalized spacial score (nSPS) is 18.8. The van der Waals surface area contributed by atoms with Crippen molar-refractivity contribution in [1.29, 1.82) is 0 Å². The Bertz CT molecular complexity index is 95.2. The Morgan fingerprint density at radius 3 is 1.58 bits per heavy atom. The van der Waals surface area contributed by atoms with Crippen molar-refractivity contribution in [3.63, 3.8) is 0 Å². The van der Waals surface area contributed by atoms with Gasteiger partial charge < -0.3 is 11.5 Å². The average molecular weight is 174 g/mol. The SMILES string of the molecule is CCC(N)NC(C)NC(N)CC. The van der Waals surface area contributed by atoms with Crippen molar-refractivity contribution < 1.29 is 0 Å². The summed E-state index contributed by atoms with van der Waals surface area (Å²) >= 11 is 0. The number of hydrogen-bond acceptors (Lipinski definition) is 4. The molecule has 0 fully saturated rings. The highest BCUT2D eigenvalue weighted by molar-refractivity contribution is 4.66. The Labute approximate surface area is 75.1 Å². The minimum absolute atomic E-state index is 0.0524. The van der Waals surface area contributed by atoms with Crippen molar-refractivity contribution in [3.8, 4) is 0 Å². The lowest BCUT2D eigenvalue weighted by Gasteiger charge is -2.23. The van der Waals surface area contributed by atoms with Crippen LogP contribution in [0.2, 0.25) is 0 Å². The number of nitrogens with one attached hydrogen (secondary N) is 2. The molecule has 2 unspecified atom stereocenters. The molecule has 0 aromatic heterocycles. The maximum absolute atomic E-state index is 5.70. The van der Waals surface area contributed by atoms with E-state index in [1.165, 1.54) is 0 Å². The van der Waals surface area contributed by atoms with Crippen LogP contribution in [0, 0.1) is 0 Å². The Hall–Kier alpha value is -0.160. The summed E-state index contributed by atoms with van der Waals surface area (Å²) in [6.45, 7) is 6.11. The fraction of sp³-hybridized carbons (Fsp3) is 1.00. The first kappa shape index (κ1) is 11.8. The second-order valence-corrected chi connectivity index (χ2v) is 3.08. The summed E-state index contributed by atoms with van der Waals surface area (Å²) < 4.78 is 0. The Balaban J connectivity index is 3.51. The first-order chi connectivity index (χ1) is 5.60. The molecule has 0 bridgehead atoms. The maximum Gasteiger partial charge on any atom is 0.0566 e. The van der Waals surface area contributed by atoms with Crippen LogP contribution in [-0.2, 0) is 0 Å². The maximum atomic E-state index is 5.70. The van der Waals surface area contributed by atoms with Crippen molar-refractivity contribution in [2.45, 2.75) is 52.1 Å². The van der Waals surface area contributed by atoms with Gasteiger partial charge in [0.05, 0.1) is 18.5 Å². The van der Waals surface area contributed by atoms with E-state index in [4.69, 9.17) is 11.5 Å². The predicted molar refractivity (Wildman–Crippen MR) is 52.3 cm³/mol. The largest absolute Gasteiger partial charge is 0.316 e. The molecule has 2 atom stereocenters. The molecule has 0 aliphatic carbocycles. The monoisotopic (exact) mass is 174 g/mol. The van der Waals surface area contributed by atoms with Gasteiger partial charge in [-0.3, -0.25) is 10.6 Å². The van der Waals surface area contributed by atoms with Crippen molar-refractivity contribution in [2.75, 3.05) is 0 Å². The summed E-state index contributed by atoms with van der Waals surface area (Å²) in [6.07, 6.45) is 2.13. The van der Waals surface area contributed by atoms with E-state index < -0.39 is 0 Å². The molecule has 0 radical (unpaired) electrons. The summed E-state index contributed by atoms with van der Waals surface area (Å²) in [5.41, 5.74) is 11.4. The van der Waals surface area contributed by atoms with Crippen molar-refractivity contribution in [1.82, 2.24) is 10.6 Å². The molecule has 0 spiro atoms. The van der Waals surface area contributed by atoms with Gasteiger partial charge >= 0.3 is 0 Å². The predicted octanol–water partition coefficient (Wildman–Crippen LogP) is -0.0988. The minimum atomic E-state index is 0.0524. The quantitative estimate of drug-likeness (QED) is 0.424. The first-order valence-electron chi connectivity index (χ1n) is 4.63. The highest BCUT2D eigenvalue weighted by Crippen LogP contribution is 1.86. The van der Waals surface area contributed by atoms with E-state index in [1.54, 1.807) is 0 Å². The van der Waals surface area contributed by atoms with Crippen LogP contribution in [0.3, 0.4) is 0 Å². The zero-order valence-electron chi connectivity index (χ0n) is 8.30. The van der Waals surface area contributed by atoms with Gasteiger partial charge in [-0.2, -0.15) is 0 Å². The lowest BCUT2D eigenvalue weighted by Crippen LogP contribution is -2.54. The summed E-state index contributed by atoms with van der Waals surface area (Å²) in [5, 5.41) is 6.36. The molecule has 74 valence electrons. The van der Waals surface area contributed by atoms with Crippen LogP contribution < -0.4 is 22.1 Å². The van der Waals surface area contributed by atoms with Crippen LogP contribution in [0.1, 0.15) is 33.6 Å². The van der Waals surface area contributed by atoms with Crippen LogP contribution in [0.25, 0.3) is 0 Å². The van der Waals surface area contributed by atoms with Crippen LogP contribution in [0.15, 0.2) is 0 Å². The zero-order chi connectivity index (χ0) is 9.56.